The molecule has 0 radical (unpaired) electrons. The van der Waals surface area contributed by atoms with Crippen LogP contribution >= 0.6 is 11.3 Å². The summed E-state index contributed by atoms with van der Waals surface area (Å²) in [5, 5.41) is 5.28. The highest BCUT2D eigenvalue weighted by Crippen LogP contribution is 2.23. The lowest BCUT2D eigenvalue weighted by Crippen LogP contribution is -2.56. The lowest BCUT2D eigenvalue weighted by Gasteiger charge is -2.37. The molecule has 1 aromatic heterocycles. The molecule has 0 aromatic carbocycles. The number of carbonyl (C=O) groups excluding carboxylic acids is 1. The summed E-state index contributed by atoms with van der Waals surface area (Å²) >= 11 is 1.58. The fourth-order valence-corrected chi connectivity index (χ4v) is 2.88. The Morgan fingerprint density at radius 2 is 2.61 bits per heavy atom. The Balaban J connectivity index is 2.10. The summed E-state index contributed by atoms with van der Waals surface area (Å²) in [6, 6.07) is -0.0665. The van der Waals surface area contributed by atoms with E-state index in [1.54, 1.807) is 11.3 Å². The van der Waals surface area contributed by atoms with Crippen molar-refractivity contribution in [1.29, 1.82) is 0 Å². The molecule has 1 N–H and O–H groups in total. The van der Waals surface area contributed by atoms with Gasteiger partial charge in [-0.25, -0.2) is 4.98 Å². The third-order valence-electron chi connectivity index (χ3n) is 3.22. The normalized spacial score (nSPS) is 22.7. The van der Waals surface area contributed by atoms with E-state index in [0.29, 0.717) is 13.2 Å². The number of aromatic nitrogens is 1. The Hall–Kier alpha value is -0.980. The highest BCUT2D eigenvalue weighted by molar-refractivity contribution is 7.07. The van der Waals surface area contributed by atoms with Crippen LogP contribution in [-0.2, 0) is 9.53 Å². The molecule has 1 aliphatic rings. The number of piperazine rings is 1. The number of hydrogen-bond acceptors (Lipinski definition) is 6. The smallest absolute Gasteiger partial charge is 0.324 e. The quantitative estimate of drug-likeness (QED) is 0.828. The summed E-state index contributed by atoms with van der Waals surface area (Å²) in [6.45, 7) is 6.73. The zero-order chi connectivity index (χ0) is 13.0. The Kier molecular flexibility index (Phi) is 4.68. The maximum absolute atomic E-state index is 12.0. The summed E-state index contributed by atoms with van der Waals surface area (Å²) < 4.78 is 5.14. The van der Waals surface area contributed by atoms with Gasteiger partial charge in [-0.1, -0.05) is 0 Å². The Bertz CT molecular complexity index is 383. The molecule has 1 saturated heterocycles. The number of ether oxygens (including phenoxy) is 1. The molecule has 0 bridgehead atoms. The van der Waals surface area contributed by atoms with Gasteiger partial charge in [0, 0.05) is 25.0 Å². The zero-order valence-corrected chi connectivity index (χ0v) is 11.6. The molecule has 1 aromatic rings. The van der Waals surface area contributed by atoms with E-state index in [2.05, 4.69) is 22.1 Å². The number of thiazole rings is 1. The van der Waals surface area contributed by atoms with Gasteiger partial charge >= 0.3 is 5.97 Å². The summed E-state index contributed by atoms with van der Waals surface area (Å²) in [5.74, 6) is -0.147. The van der Waals surface area contributed by atoms with Crippen molar-refractivity contribution in [3.8, 4) is 0 Å². The van der Waals surface area contributed by atoms with Gasteiger partial charge < -0.3 is 10.1 Å². The fraction of sp³-hybridized carbons (Fsp3) is 0.667. The predicted molar refractivity (Wildman–Crippen MR) is 70.5 cm³/mol. The van der Waals surface area contributed by atoms with E-state index in [0.717, 1.165) is 18.8 Å². The van der Waals surface area contributed by atoms with Crippen LogP contribution in [0.4, 0.5) is 0 Å². The Labute approximate surface area is 111 Å². The van der Waals surface area contributed by atoms with E-state index in [-0.39, 0.29) is 18.1 Å². The van der Waals surface area contributed by atoms with Crippen LogP contribution in [0.25, 0.3) is 0 Å². The van der Waals surface area contributed by atoms with Crippen molar-refractivity contribution in [1.82, 2.24) is 15.2 Å². The van der Waals surface area contributed by atoms with Crippen molar-refractivity contribution in [2.75, 3.05) is 26.2 Å². The third-order valence-corrected chi connectivity index (χ3v) is 3.83. The van der Waals surface area contributed by atoms with Gasteiger partial charge in [-0.2, -0.15) is 0 Å². The summed E-state index contributed by atoms with van der Waals surface area (Å²) in [5.41, 5.74) is 2.85. The van der Waals surface area contributed by atoms with Crippen LogP contribution in [0.2, 0.25) is 0 Å². The van der Waals surface area contributed by atoms with Crippen LogP contribution in [0.1, 0.15) is 25.6 Å². The van der Waals surface area contributed by atoms with Gasteiger partial charge in [0.25, 0.3) is 0 Å². The molecular formula is C12H19N3O2S. The SMILES string of the molecule is CCOC(=O)C1CNCCN1C(C)c1cscn1. The van der Waals surface area contributed by atoms with E-state index < -0.39 is 0 Å². The van der Waals surface area contributed by atoms with Gasteiger partial charge in [-0.3, -0.25) is 9.69 Å². The largest absolute Gasteiger partial charge is 0.465 e. The first-order valence-corrected chi connectivity index (χ1v) is 7.19. The van der Waals surface area contributed by atoms with Crippen molar-refractivity contribution < 1.29 is 9.53 Å². The maximum Gasteiger partial charge on any atom is 0.324 e. The molecule has 2 unspecified atom stereocenters. The van der Waals surface area contributed by atoms with Gasteiger partial charge in [-0.15, -0.1) is 11.3 Å². The van der Waals surface area contributed by atoms with E-state index >= 15 is 0 Å². The van der Waals surface area contributed by atoms with Crippen molar-refractivity contribution in [2.45, 2.75) is 25.9 Å². The van der Waals surface area contributed by atoms with Crippen LogP contribution < -0.4 is 5.32 Å². The van der Waals surface area contributed by atoms with Gasteiger partial charge in [0.05, 0.1) is 23.9 Å². The monoisotopic (exact) mass is 269 g/mol. The van der Waals surface area contributed by atoms with E-state index in [1.165, 1.54) is 0 Å². The van der Waals surface area contributed by atoms with Gasteiger partial charge in [0.1, 0.15) is 6.04 Å². The minimum Gasteiger partial charge on any atom is -0.465 e. The van der Waals surface area contributed by atoms with Crippen LogP contribution in [-0.4, -0.2) is 48.1 Å². The second-order valence-electron chi connectivity index (χ2n) is 4.30. The molecule has 1 aliphatic heterocycles. The fourth-order valence-electron chi connectivity index (χ4n) is 2.24. The number of nitrogens with zero attached hydrogens (tertiary/aromatic N) is 2. The summed E-state index contributed by atoms with van der Waals surface area (Å²) in [6.07, 6.45) is 0. The minimum absolute atomic E-state index is 0.146. The maximum atomic E-state index is 12.0. The average Bonchev–Trinajstić information content (AvgIpc) is 2.92. The van der Waals surface area contributed by atoms with Crippen LogP contribution in [0.3, 0.4) is 0 Å². The van der Waals surface area contributed by atoms with Crippen molar-refractivity contribution in [2.24, 2.45) is 0 Å². The molecule has 0 amide bonds. The Morgan fingerprint density at radius 1 is 1.78 bits per heavy atom. The van der Waals surface area contributed by atoms with E-state index in [4.69, 9.17) is 4.74 Å². The lowest BCUT2D eigenvalue weighted by molar-refractivity contribution is -0.151. The van der Waals surface area contributed by atoms with E-state index in [1.807, 2.05) is 17.8 Å². The molecule has 6 heteroatoms. The number of carbonyl (C=O) groups is 1. The molecule has 100 valence electrons. The van der Waals surface area contributed by atoms with Crippen molar-refractivity contribution in [3.63, 3.8) is 0 Å². The molecule has 0 saturated carbocycles. The molecule has 2 heterocycles. The van der Waals surface area contributed by atoms with Crippen molar-refractivity contribution >= 4 is 17.3 Å². The molecule has 2 rings (SSSR count). The average molecular weight is 269 g/mol. The predicted octanol–water partition coefficient (Wildman–Crippen LogP) is 1.04. The van der Waals surface area contributed by atoms with Crippen LogP contribution in [0, 0.1) is 0 Å². The standard InChI is InChI=1S/C12H19N3O2S/c1-3-17-12(16)11-6-13-4-5-15(11)9(2)10-7-18-8-14-10/h7-9,11,13H,3-6H2,1-2H3. The molecule has 2 atom stereocenters. The first kappa shape index (κ1) is 13.5. The minimum atomic E-state index is -0.213. The highest BCUT2D eigenvalue weighted by Gasteiger charge is 2.33. The Morgan fingerprint density at radius 3 is 3.28 bits per heavy atom. The first-order valence-electron chi connectivity index (χ1n) is 6.25. The second-order valence-corrected chi connectivity index (χ2v) is 5.02. The molecular weight excluding hydrogens is 250 g/mol. The zero-order valence-electron chi connectivity index (χ0n) is 10.8. The molecule has 18 heavy (non-hydrogen) atoms. The van der Waals surface area contributed by atoms with Gasteiger partial charge in [0.15, 0.2) is 0 Å². The summed E-state index contributed by atoms with van der Waals surface area (Å²) in [7, 11) is 0. The summed E-state index contributed by atoms with van der Waals surface area (Å²) in [4.78, 5) is 18.5. The molecule has 5 nitrogen and oxygen atoms in total. The van der Waals surface area contributed by atoms with Crippen molar-refractivity contribution in [3.05, 3.63) is 16.6 Å². The number of rotatable bonds is 4. The van der Waals surface area contributed by atoms with Crippen LogP contribution in [0.5, 0.6) is 0 Å². The third kappa shape index (κ3) is 2.88. The van der Waals surface area contributed by atoms with Crippen LogP contribution in [0.15, 0.2) is 10.9 Å². The van der Waals surface area contributed by atoms with E-state index in [9.17, 15) is 4.79 Å². The van der Waals surface area contributed by atoms with Gasteiger partial charge in [0.2, 0.25) is 0 Å². The lowest BCUT2D eigenvalue weighted by atomic mass is 10.1. The number of hydrogen-bond donors (Lipinski definition) is 1. The number of nitrogens with one attached hydrogen (secondary N) is 1. The first-order chi connectivity index (χ1) is 8.74. The topological polar surface area (TPSA) is 54.5 Å². The molecule has 1 fully saturated rings. The highest BCUT2D eigenvalue weighted by atomic mass is 32.1. The molecule has 0 spiro atoms. The number of esters is 1. The van der Waals surface area contributed by atoms with Gasteiger partial charge in [-0.05, 0) is 13.8 Å². The molecule has 0 aliphatic carbocycles. The second kappa shape index (κ2) is 6.26.